The summed E-state index contributed by atoms with van der Waals surface area (Å²) in [5.74, 6) is -8.17. The van der Waals surface area contributed by atoms with Gasteiger partial charge in [0.1, 0.15) is 18.6 Å². The molecule has 11 N–H and O–H groups in total. The van der Waals surface area contributed by atoms with E-state index < -0.39 is 85.4 Å². The average Bonchev–Trinajstić information content (AvgIpc) is 2.56. The molecular formula is C14H22N6O9. The van der Waals surface area contributed by atoms with Crippen LogP contribution in [0, 0.1) is 0 Å². The summed E-state index contributed by atoms with van der Waals surface area (Å²) in [4.78, 5) is 79.6. The number of carbonyl (C=O) groups is 7. The van der Waals surface area contributed by atoms with Crippen molar-refractivity contribution in [2.45, 2.75) is 37.4 Å². The van der Waals surface area contributed by atoms with Gasteiger partial charge in [0.15, 0.2) is 0 Å². The summed E-state index contributed by atoms with van der Waals surface area (Å²) in [7, 11) is 0. The smallest absolute Gasteiger partial charge is 0.322 e. The number of amides is 5. The Hall–Kier alpha value is -3.75. The Morgan fingerprint density at radius 1 is 0.690 bits per heavy atom. The van der Waals surface area contributed by atoms with Crippen LogP contribution in [0.3, 0.4) is 0 Å². The van der Waals surface area contributed by atoms with E-state index >= 15 is 0 Å². The molecule has 162 valence electrons. The monoisotopic (exact) mass is 418 g/mol. The van der Waals surface area contributed by atoms with Gasteiger partial charge in [0.25, 0.3) is 0 Å². The molecule has 0 spiro atoms. The zero-order chi connectivity index (χ0) is 22.7. The van der Waals surface area contributed by atoms with E-state index in [1.807, 2.05) is 16.0 Å². The van der Waals surface area contributed by atoms with Crippen LogP contribution >= 0.6 is 0 Å². The second kappa shape index (κ2) is 11.9. The highest BCUT2D eigenvalue weighted by molar-refractivity contribution is 5.97. The lowest BCUT2D eigenvalue weighted by Crippen LogP contribution is -2.57. The maximum Gasteiger partial charge on any atom is 0.322 e. The first kappa shape index (κ1) is 25.2. The molecule has 0 rings (SSSR count). The van der Waals surface area contributed by atoms with Crippen LogP contribution in [-0.2, 0) is 33.6 Å². The Bertz CT molecular complexity index is 695. The summed E-state index contributed by atoms with van der Waals surface area (Å²) in [5.41, 5.74) is 15.3. The normalized spacial score (nSPS) is 13.3. The average molecular weight is 418 g/mol. The summed E-state index contributed by atoms with van der Waals surface area (Å²) >= 11 is 0. The molecule has 0 bridgehead atoms. The fraction of sp³-hybridized carbons (Fsp3) is 0.500. The second-order valence-corrected chi connectivity index (χ2v) is 5.78. The van der Waals surface area contributed by atoms with Crippen LogP contribution < -0.4 is 33.2 Å². The minimum Gasteiger partial charge on any atom is -0.481 e. The molecule has 5 amide bonds. The number of rotatable bonds is 13. The Morgan fingerprint density at radius 3 is 1.62 bits per heavy atom. The van der Waals surface area contributed by atoms with Crippen molar-refractivity contribution in [2.75, 3.05) is 6.54 Å². The van der Waals surface area contributed by atoms with Gasteiger partial charge >= 0.3 is 11.9 Å². The Kier molecular flexibility index (Phi) is 10.3. The summed E-state index contributed by atoms with van der Waals surface area (Å²) < 4.78 is 0. The van der Waals surface area contributed by atoms with Gasteiger partial charge in [0.2, 0.25) is 29.5 Å². The van der Waals surface area contributed by atoms with Crippen LogP contribution in [0.25, 0.3) is 0 Å². The molecule has 0 saturated heterocycles. The molecule has 0 aromatic heterocycles. The molecule has 29 heavy (non-hydrogen) atoms. The molecule has 0 aliphatic rings. The molecule has 15 nitrogen and oxygen atoms in total. The van der Waals surface area contributed by atoms with E-state index in [2.05, 4.69) is 0 Å². The molecule has 0 aromatic carbocycles. The maximum atomic E-state index is 12.3. The van der Waals surface area contributed by atoms with Crippen molar-refractivity contribution in [1.82, 2.24) is 16.0 Å². The van der Waals surface area contributed by atoms with E-state index in [1.165, 1.54) is 0 Å². The topological polar surface area (TPSA) is 274 Å². The van der Waals surface area contributed by atoms with Gasteiger partial charge < -0.3 is 43.4 Å². The number of nitrogens with two attached hydrogens (primary N) is 3. The van der Waals surface area contributed by atoms with Crippen molar-refractivity contribution >= 4 is 41.5 Å². The van der Waals surface area contributed by atoms with E-state index in [0.29, 0.717) is 0 Å². The summed E-state index contributed by atoms with van der Waals surface area (Å²) in [6, 6.07) is -4.81. The standard InChI is InChI=1S/C14H22N6O9/c15-5(1-8(16)21)12(27)19-6(2-9(17)22)14(29)20-7(3-10(23)24)13(28)18-4-11(25)26/h5-7H,1-4,15H2,(H2,16,21)(H2,17,22)(H,18,28)(H,19,27)(H,20,29)(H,23,24)(H,25,26). The second-order valence-electron chi connectivity index (χ2n) is 5.78. The first-order valence-electron chi connectivity index (χ1n) is 7.97. The number of hydrogen-bond acceptors (Lipinski definition) is 8. The van der Waals surface area contributed by atoms with Crippen LogP contribution in [0.2, 0.25) is 0 Å². The van der Waals surface area contributed by atoms with E-state index in [-0.39, 0.29) is 0 Å². The van der Waals surface area contributed by atoms with Gasteiger partial charge in [-0.2, -0.15) is 0 Å². The summed E-state index contributed by atoms with van der Waals surface area (Å²) in [6.07, 6.45) is -2.22. The van der Waals surface area contributed by atoms with Crippen LogP contribution in [-0.4, -0.2) is 76.4 Å². The number of carboxylic acid groups (broad SMARTS) is 2. The fourth-order valence-corrected chi connectivity index (χ4v) is 1.94. The van der Waals surface area contributed by atoms with Gasteiger partial charge in [0, 0.05) is 0 Å². The Labute approximate surface area is 163 Å². The largest absolute Gasteiger partial charge is 0.481 e. The third-order valence-electron chi connectivity index (χ3n) is 3.22. The minimum absolute atomic E-state index is 0.560. The van der Waals surface area contributed by atoms with Gasteiger partial charge in [-0.3, -0.25) is 33.6 Å². The third-order valence-corrected chi connectivity index (χ3v) is 3.22. The van der Waals surface area contributed by atoms with Crippen LogP contribution in [0.15, 0.2) is 0 Å². The maximum absolute atomic E-state index is 12.3. The lowest BCUT2D eigenvalue weighted by Gasteiger charge is -2.22. The van der Waals surface area contributed by atoms with Gasteiger partial charge in [0.05, 0.1) is 25.3 Å². The Balaban J connectivity index is 5.30. The van der Waals surface area contributed by atoms with Crippen molar-refractivity contribution in [3.8, 4) is 0 Å². The molecular weight excluding hydrogens is 396 g/mol. The number of nitrogens with one attached hydrogen (secondary N) is 3. The van der Waals surface area contributed by atoms with Crippen LogP contribution in [0.4, 0.5) is 0 Å². The van der Waals surface area contributed by atoms with Gasteiger partial charge in [-0.15, -0.1) is 0 Å². The fourth-order valence-electron chi connectivity index (χ4n) is 1.94. The highest BCUT2D eigenvalue weighted by Gasteiger charge is 2.30. The number of hydrogen-bond donors (Lipinski definition) is 8. The Morgan fingerprint density at radius 2 is 1.17 bits per heavy atom. The van der Waals surface area contributed by atoms with E-state index in [1.54, 1.807) is 0 Å². The predicted molar refractivity (Wildman–Crippen MR) is 92.4 cm³/mol. The molecule has 0 aromatic rings. The summed E-state index contributed by atoms with van der Waals surface area (Å²) in [6.45, 7) is -0.839. The van der Waals surface area contributed by atoms with E-state index in [9.17, 15) is 33.6 Å². The van der Waals surface area contributed by atoms with Crippen molar-refractivity contribution in [1.29, 1.82) is 0 Å². The molecule has 3 atom stereocenters. The van der Waals surface area contributed by atoms with Crippen LogP contribution in [0.5, 0.6) is 0 Å². The van der Waals surface area contributed by atoms with Crippen LogP contribution in [0.1, 0.15) is 19.3 Å². The van der Waals surface area contributed by atoms with Crippen molar-refractivity contribution < 1.29 is 43.8 Å². The highest BCUT2D eigenvalue weighted by Crippen LogP contribution is 2.00. The zero-order valence-electron chi connectivity index (χ0n) is 15.0. The third kappa shape index (κ3) is 10.9. The number of primary amides is 2. The molecule has 3 unspecified atom stereocenters. The number of aliphatic carboxylic acids is 2. The van der Waals surface area contributed by atoms with E-state index in [4.69, 9.17) is 27.4 Å². The zero-order valence-corrected chi connectivity index (χ0v) is 15.0. The highest BCUT2D eigenvalue weighted by atomic mass is 16.4. The number of carboxylic acids is 2. The minimum atomic E-state index is -1.72. The quantitative estimate of drug-likeness (QED) is 0.141. The first-order chi connectivity index (χ1) is 13.3. The first-order valence-corrected chi connectivity index (χ1v) is 7.97. The molecule has 0 aliphatic carbocycles. The lowest BCUT2D eigenvalue weighted by molar-refractivity contribution is -0.142. The van der Waals surface area contributed by atoms with Crippen molar-refractivity contribution in [2.24, 2.45) is 17.2 Å². The molecule has 0 aliphatic heterocycles. The summed E-state index contributed by atoms with van der Waals surface area (Å²) in [5, 5.41) is 23.3. The SMILES string of the molecule is NC(=O)CC(N)C(=O)NC(CC(N)=O)C(=O)NC(CC(=O)O)C(=O)NCC(=O)O. The molecule has 0 heterocycles. The number of carbonyl (C=O) groups excluding carboxylic acids is 5. The van der Waals surface area contributed by atoms with Crippen molar-refractivity contribution in [3.05, 3.63) is 0 Å². The van der Waals surface area contributed by atoms with Crippen molar-refractivity contribution in [3.63, 3.8) is 0 Å². The van der Waals surface area contributed by atoms with Gasteiger partial charge in [-0.25, -0.2) is 0 Å². The molecule has 15 heteroatoms. The lowest BCUT2D eigenvalue weighted by atomic mass is 10.1. The molecule has 0 saturated carbocycles. The van der Waals surface area contributed by atoms with Gasteiger partial charge in [-0.1, -0.05) is 0 Å². The van der Waals surface area contributed by atoms with E-state index in [0.717, 1.165) is 0 Å². The molecule has 0 radical (unpaired) electrons. The predicted octanol–water partition coefficient (Wildman–Crippen LogP) is -5.29. The van der Waals surface area contributed by atoms with Gasteiger partial charge in [-0.05, 0) is 0 Å². The molecule has 0 fully saturated rings.